The van der Waals surface area contributed by atoms with E-state index in [0.29, 0.717) is 27.0 Å². The second-order valence-electron chi connectivity index (χ2n) is 3.53. The van der Waals surface area contributed by atoms with E-state index in [4.69, 9.17) is 11.5 Å². The molecule has 5 heteroatoms. The number of nitrogens with zero attached hydrogens (tertiary/aromatic N) is 1. The fraction of sp³-hybridized carbons (Fsp3) is 0. The molecular weight excluding hydrogens is 282 g/mol. The average Bonchev–Trinajstić information content (AvgIpc) is 2.32. The third-order valence-electron chi connectivity index (χ3n) is 2.36. The molecule has 0 aliphatic rings. The minimum Gasteiger partial charge on any atom is -0.398 e. The molecule has 4 N–H and O–H groups in total. The van der Waals surface area contributed by atoms with Crippen LogP contribution in [0.5, 0.6) is 0 Å². The number of ketones is 1. The number of carbonyl (C=O) groups excluding carboxylic acids is 1. The molecule has 17 heavy (non-hydrogen) atoms. The van der Waals surface area contributed by atoms with Crippen molar-refractivity contribution >= 4 is 33.1 Å². The minimum absolute atomic E-state index is 0.170. The summed E-state index contributed by atoms with van der Waals surface area (Å²) in [5.74, 6) is -0.170. The van der Waals surface area contributed by atoms with Crippen LogP contribution < -0.4 is 11.5 Å². The van der Waals surface area contributed by atoms with Crippen molar-refractivity contribution < 1.29 is 4.79 Å². The lowest BCUT2D eigenvalue weighted by Gasteiger charge is -2.05. The van der Waals surface area contributed by atoms with Crippen LogP contribution in [0.2, 0.25) is 0 Å². The summed E-state index contributed by atoms with van der Waals surface area (Å²) in [6.45, 7) is 0. The highest BCUT2D eigenvalue weighted by Gasteiger charge is 2.13. The highest BCUT2D eigenvalue weighted by molar-refractivity contribution is 9.10. The summed E-state index contributed by atoms with van der Waals surface area (Å²) in [7, 11) is 0. The van der Waals surface area contributed by atoms with Gasteiger partial charge < -0.3 is 11.5 Å². The molecule has 0 unspecified atom stereocenters. The first-order valence-electron chi connectivity index (χ1n) is 4.89. The first-order chi connectivity index (χ1) is 8.09. The van der Waals surface area contributed by atoms with Gasteiger partial charge in [-0.3, -0.25) is 9.78 Å². The molecule has 0 saturated carbocycles. The van der Waals surface area contributed by atoms with Crippen molar-refractivity contribution in [2.75, 3.05) is 11.5 Å². The number of hydrogen-bond donors (Lipinski definition) is 2. The van der Waals surface area contributed by atoms with Gasteiger partial charge in [0.15, 0.2) is 5.78 Å². The van der Waals surface area contributed by atoms with E-state index in [1.165, 1.54) is 6.20 Å². The Hall–Kier alpha value is -1.88. The summed E-state index contributed by atoms with van der Waals surface area (Å²) >= 11 is 3.28. The van der Waals surface area contributed by atoms with Crippen molar-refractivity contribution in [3.05, 3.63) is 52.3 Å². The standard InChI is InChI=1S/C12H10BrN3O/c13-9-5-7(1-2-11(9)15)12(17)8-6-16-4-3-10(8)14/h1-6H,15H2,(H2,14,16). The van der Waals surface area contributed by atoms with Crippen molar-refractivity contribution in [3.8, 4) is 0 Å². The predicted octanol–water partition coefficient (Wildman–Crippen LogP) is 2.24. The molecule has 0 spiro atoms. The molecule has 86 valence electrons. The Balaban J connectivity index is 2.44. The molecule has 2 aromatic rings. The Morgan fingerprint density at radius 3 is 2.59 bits per heavy atom. The van der Waals surface area contributed by atoms with E-state index in [-0.39, 0.29) is 5.78 Å². The van der Waals surface area contributed by atoms with Crippen molar-refractivity contribution in [3.63, 3.8) is 0 Å². The third-order valence-corrected chi connectivity index (χ3v) is 3.05. The number of carbonyl (C=O) groups is 1. The van der Waals surface area contributed by atoms with Gasteiger partial charge in [-0.25, -0.2) is 0 Å². The smallest absolute Gasteiger partial charge is 0.196 e. The monoisotopic (exact) mass is 291 g/mol. The van der Waals surface area contributed by atoms with E-state index in [2.05, 4.69) is 20.9 Å². The SMILES string of the molecule is Nc1ccc(C(=O)c2cnccc2N)cc1Br. The zero-order valence-electron chi connectivity index (χ0n) is 8.85. The molecule has 1 aromatic carbocycles. The third kappa shape index (κ3) is 2.29. The lowest BCUT2D eigenvalue weighted by Crippen LogP contribution is -2.06. The molecule has 1 heterocycles. The molecular formula is C12H10BrN3O. The maximum atomic E-state index is 12.1. The van der Waals surface area contributed by atoms with Gasteiger partial charge in [-0.2, -0.15) is 0 Å². The quantitative estimate of drug-likeness (QED) is 0.657. The minimum atomic E-state index is -0.170. The van der Waals surface area contributed by atoms with E-state index in [1.54, 1.807) is 30.5 Å². The lowest BCUT2D eigenvalue weighted by molar-refractivity contribution is 0.103. The first-order valence-corrected chi connectivity index (χ1v) is 5.68. The van der Waals surface area contributed by atoms with Crippen LogP contribution >= 0.6 is 15.9 Å². The lowest BCUT2D eigenvalue weighted by atomic mass is 10.0. The summed E-state index contributed by atoms with van der Waals surface area (Å²) in [6, 6.07) is 6.60. The molecule has 0 aliphatic carbocycles. The summed E-state index contributed by atoms with van der Waals surface area (Å²) in [4.78, 5) is 16.0. The Kier molecular flexibility index (Phi) is 3.10. The van der Waals surface area contributed by atoms with Crippen LogP contribution in [-0.4, -0.2) is 10.8 Å². The van der Waals surface area contributed by atoms with Gasteiger partial charge in [0, 0.05) is 33.8 Å². The highest BCUT2D eigenvalue weighted by Crippen LogP contribution is 2.23. The molecule has 0 aliphatic heterocycles. The van der Waals surface area contributed by atoms with Crippen LogP contribution in [0.15, 0.2) is 41.1 Å². The zero-order valence-corrected chi connectivity index (χ0v) is 10.4. The normalized spacial score (nSPS) is 10.2. The molecule has 0 atom stereocenters. The second kappa shape index (κ2) is 4.55. The summed E-state index contributed by atoms with van der Waals surface area (Å²) in [5.41, 5.74) is 13.3. The van der Waals surface area contributed by atoms with Gasteiger partial charge in [-0.1, -0.05) is 0 Å². The van der Waals surface area contributed by atoms with E-state index >= 15 is 0 Å². The van der Waals surface area contributed by atoms with Crippen molar-refractivity contribution in [1.82, 2.24) is 4.98 Å². The van der Waals surface area contributed by atoms with E-state index in [0.717, 1.165) is 0 Å². The Labute approximate surface area is 107 Å². The molecule has 0 radical (unpaired) electrons. The number of aromatic nitrogens is 1. The number of rotatable bonds is 2. The molecule has 0 amide bonds. The van der Waals surface area contributed by atoms with E-state index < -0.39 is 0 Å². The Morgan fingerprint density at radius 1 is 1.18 bits per heavy atom. The highest BCUT2D eigenvalue weighted by atomic mass is 79.9. The fourth-order valence-corrected chi connectivity index (χ4v) is 1.80. The second-order valence-corrected chi connectivity index (χ2v) is 4.38. The average molecular weight is 292 g/mol. The number of nitrogen functional groups attached to an aromatic ring is 2. The van der Waals surface area contributed by atoms with Gasteiger partial charge in [-0.05, 0) is 40.2 Å². The van der Waals surface area contributed by atoms with Gasteiger partial charge in [-0.15, -0.1) is 0 Å². The number of anilines is 2. The maximum Gasteiger partial charge on any atom is 0.196 e. The summed E-state index contributed by atoms with van der Waals surface area (Å²) < 4.78 is 0.686. The Bertz CT molecular complexity index is 584. The maximum absolute atomic E-state index is 12.1. The van der Waals surface area contributed by atoms with Gasteiger partial charge in [0.05, 0.1) is 5.56 Å². The first kappa shape index (κ1) is 11.6. The number of benzene rings is 1. The van der Waals surface area contributed by atoms with Crippen LogP contribution in [0.4, 0.5) is 11.4 Å². The number of pyridine rings is 1. The number of halogens is 1. The predicted molar refractivity (Wildman–Crippen MR) is 70.6 cm³/mol. The molecule has 1 aromatic heterocycles. The zero-order chi connectivity index (χ0) is 12.4. The van der Waals surface area contributed by atoms with E-state index in [9.17, 15) is 4.79 Å². The molecule has 2 rings (SSSR count). The van der Waals surface area contributed by atoms with Gasteiger partial charge >= 0.3 is 0 Å². The van der Waals surface area contributed by atoms with Gasteiger partial charge in [0.25, 0.3) is 0 Å². The number of hydrogen-bond acceptors (Lipinski definition) is 4. The number of nitrogens with two attached hydrogens (primary N) is 2. The van der Waals surface area contributed by atoms with Crippen molar-refractivity contribution in [2.24, 2.45) is 0 Å². The van der Waals surface area contributed by atoms with Crippen molar-refractivity contribution in [2.45, 2.75) is 0 Å². The largest absolute Gasteiger partial charge is 0.398 e. The van der Waals surface area contributed by atoms with Crippen molar-refractivity contribution in [1.29, 1.82) is 0 Å². The van der Waals surface area contributed by atoms with Crippen LogP contribution in [0.25, 0.3) is 0 Å². The van der Waals surface area contributed by atoms with Gasteiger partial charge in [0.1, 0.15) is 0 Å². The topological polar surface area (TPSA) is 82.0 Å². The van der Waals surface area contributed by atoms with E-state index in [1.807, 2.05) is 0 Å². The molecule has 0 bridgehead atoms. The van der Waals surface area contributed by atoms with Crippen LogP contribution in [0.3, 0.4) is 0 Å². The van der Waals surface area contributed by atoms with Crippen LogP contribution in [0.1, 0.15) is 15.9 Å². The summed E-state index contributed by atoms with van der Waals surface area (Å²) in [6.07, 6.45) is 3.01. The molecule has 0 fully saturated rings. The Morgan fingerprint density at radius 2 is 1.94 bits per heavy atom. The fourth-order valence-electron chi connectivity index (χ4n) is 1.42. The van der Waals surface area contributed by atoms with Crippen LogP contribution in [0, 0.1) is 0 Å². The molecule has 0 saturated heterocycles. The van der Waals surface area contributed by atoms with Gasteiger partial charge in [0.2, 0.25) is 0 Å². The van der Waals surface area contributed by atoms with Crippen LogP contribution in [-0.2, 0) is 0 Å². The molecule has 4 nitrogen and oxygen atoms in total. The summed E-state index contributed by atoms with van der Waals surface area (Å²) in [5, 5.41) is 0.